The van der Waals surface area contributed by atoms with Gasteiger partial charge in [0.15, 0.2) is 5.69 Å². The van der Waals surface area contributed by atoms with Gasteiger partial charge in [-0.15, -0.1) is 5.10 Å². The molecule has 0 spiro atoms. The molecule has 1 aromatic heterocycles. The first-order chi connectivity index (χ1) is 9.47. The van der Waals surface area contributed by atoms with Crippen LogP contribution in [-0.2, 0) is 11.3 Å². The van der Waals surface area contributed by atoms with Gasteiger partial charge in [-0.3, -0.25) is 0 Å². The van der Waals surface area contributed by atoms with Gasteiger partial charge in [0, 0.05) is 0 Å². The van der Waals surface area contributed by atoms with Gasteiger partial charge in [-0.2, -0.15) is 0 Å². The summed E-state index contributed by atoms with van der Waals surface area (Å²) in [5.41, 5.74) is 1.71. The lowest BCUT2D eigenvalue weighted by Crippen LogP contribution is -2.13. The Hall–Kier alpha value is -2.24. The fourth-order valence-electron chi connectivity index (χ4n) is 1.73. The van der Waals surface area contributed by atoms with Gasteiger partial charge >= 0.3 is 5.97 Å². The maximum Gasteiger partial charge on any atom is 0.361 e. The predicted molar refractivity (Wildman–Crippen MR) is 70.8 cm³/mol. The lowest BCUT2D eigenvalue weighted by molar-refractivity contribution is 0.0370. The van der Waals surface area contributed by atoms with Crippen LogP contribution in [-0.4, -0.2) is 27.1 Å². The van der Waals surface area contributed by atoms with E-state index >= 15 is 0 Å². The Morgan fingerprint density at radius 1 is 1.35 bits per heavy atom. The Morgan fingerprint density at radius 3 is 2.60 bits per heavy atom. The first kappa shape index (κ1) is 14.2. The second-order valence-corrected chi connectivity index (χ2v) is 4.76. The normalized spacial score (nSPS) is 10.8. The van der Waals surface area contributed by atoms with E-state index in [1.165, 1.54) is 12.1 Å². The zero-order chi connectivity index (χ0) is 14.7. The number of benzene rings is 1. The van der Waals surface area contributed by atoms with Crippen LogP contribution in [0.3, 0.4) is 0 Å². The molecule has 0 saturated heterocycles. The van der Waals surface area contributed by atoms with Crippen molar-refractivity contribution in [2.75, 3.05) is 0 Å². The standard InChI is InChI=1S/C14H16FN3O2/c1-9(2)20-14(19)13-10(3)18(17-16-13)8-11-4-6-12(15)7-5-11/h4-7,9H,8H2,1-3H3. The van der Waals surface area contributed by atoms with Gasteiger partial charge in [-0.05, 0) is 38.5 Å². The number of halogens is 1. The molecule has 0 aliphatic carbocycles. The van der Waals surface area contributed by atoms with E-state index in [-0.39, 0.29) is 17.6 Å². The quantitative estimate of drug-likeness (QED) is 0.805. The molecule has 0 bridgehead atoms. The molecular formula is C14H16FN3O2. The van der Waals surface area contributed by atoms with Crippen molar-refractivity contribution in [2.45, 2.75) is 33.4 Å². The third-order valence-corrected chi connectivity index (χ3v) is 2.76. The number of esters is 1. The van der Waals surface area contributed by atoms with Gasteiger partial charge in [0.1, 0.15) is 5.82 Å². The smallest absolute Gasteiger partial charge is 0.361 e. The number of nitrogens with zero attached hydrogens (tertiary/aromatic N) is 3. The average molecular weight is 277 g/mol. The highest BCUT2D eigenvalue weighted by atomic mass is 19.1. The van der Waals surface area contributed by atoms with Crippen molar-refractivity contribution in [3.05, 3.63) is 47.0 Å². The Morgan fingerprint density at radius 2 is 2.00 bits per heavy atom. The summed E-state index contributed by atoms with van der Waals surface area (Å²) in [6.45, 7) is 5.72. The SMILES string of the molecule is Cc1c(C(=O)OC(C)C)nnn1Cc1ccc(F)cc1. The largest absolute Gasteiger partial charge is 0.458 e. The topological polar surface area (TPSA) is 57.0 Å². The molecule has 5 nitrogen and oxygen atoms in total. The first-order valence-corrected chi connectivity index (χ1v) is 6.33. The number of ether oxygens (including phenoxy) is 1. The van der Waals surface area contributed by atoms with E-state index < -0.39 is 5.97 Å². The fraction of sp³-hybridized carbons (Fsp3) is 0.357. The molecule has 0 aliphatic heterocycles. The van der Waals surface area contributed by atoms with Crippen molar-refractivity contribution < 1.29 is 13.9 Å². The van der Waals surface area contributed by atoms with Crippen LogP contribution in [0.1, 0.15) is 35.6 Å². The van der Waals surface area contributed by atoms with Gasteiger partial charge in [0.05, 0.1) is 18.3 Å². The molecule has 0 unspecified atom stereocenters. The molecule has 20 heavy (non-hydrogen) atoms. The summed E-state index contributed by atoms with van der Waals surface area (Å²) >= 11 is 0. The van der Waals surface area contributed by atoms with E-state index in [1.807, 2.05) is 0 Å². The summed E-state index contributed by atoms with van der Waals surface area (Å²) in [6.07, 6.45) is -0.204. The van der Waals surface area contributed by atoms with E-state index in [4.69, 9.17) is 4.74 Å². The van der Waals surface area contributed by atoms with E-state index in [2.05, 4.69) is 10.3 Å². The molecule has 0 radical (unpaired) electrons. The summed E-state index contributed by atoms with van der Waals surface area (Å²) in [7, 11) is 0. The third-order valence-electron chi connectivity index (χ3n) is 2.76. The third kappa shape index (κ3) is 3.20. The minimum absolute atomic E-state index is 0.204. The molecular weight excluding hydrogens is 261 g/mol. The number of rotatable bonds is 4. The van der Waals surface area contributed by atoms with Crippen LogP contribution in [0, 0.1) is 12.7 Å². The number of carbonyl (C=O) groups is 1. The fourth-order valence-corrected chi connectivity index (χ4v) is 1.73. The zero-order valence-corrected chi connectivity index (χ0v) is 11.6. The molecule has 106 valence electrons. The van der Waals surface area contributed by atoms with E-state index in [0.717, 1.165) is 5.56 Å². The summed E-state index contributed by atoms with van der Waals surface area (Å²) in [6, 6.07) is 6.11. The molecule has 2 aromatic rings. The number of aromatic nitrogens is 3. The molecule has 0 fully saturated rings. The molecule has 2 rings (SSSR count). The molecule has 0 N–H and O–H groups in total. The molecule has 1 heterocycles. The molecule has 0 saturated carbocycles. The van der Waals surface area contributed by atoms with Crippen LogP contribution in [0.4, 0.5) is 4.39 Å². The molecule has 0 aliphatic rings. The van der Waals surface area contributed by atoms with Gasteiger partial charge in [-0.1, -0.05) is 17.3 Å². The number of carbonyl (C=O) groups excluding carboxylic acids is 1. The van der Waals surface area contributed by atoms with Crippen LogP contribution < -0.4 is 0 Å². The van der Waals surface area contributed by atoms with Crippen LogP contribution >= 0.6 is 0 Å². The summed E-state index contributed by atoms with van der Waals surface area (Å²) in [4.78, 5) is 11.8. The molecule has 0 atom stereocenters. The van der Waals surface area contributed by atoms with Crippen LogP contribution in [0.5, 0.6) is 0 Å². The van der Waals surface area contributed by atoms with E-state index in [9.17, 15) is 9.18 Å². The molecule has 0 amide bonds. The van der Waals surface area contributed by atoms with E-state index in [1.54, 1.807) is 37.6 Å². The summed E-state index contributed by atoms with van der Waals surface area (Å²) in [5, 5.41) is 7.78. The van der Waals surface area contributed by atoms with E-state index in [0.29, 0.717) is 12.2 Å². The van der Waals surface area contributed by atoms with Crippen molar-refractivity contribution in [3.8, 4) is 0 Å². The van der Waals surface area contributed by atoms with Crippen molar-refractivity contribution in [3.63, 3.8) is 0 Å². The zero-order valence-electron chi connectivity index (χ0n) is 11.6. The highest BCUT2D eigenvalue weighted by Gasteiger charge is 2.18. The van der Waals surface area contributed by atoms with Crippen molar-refractivity contribution in [1.29, 1.82) is 0 Å². The minimum atomic E-state index is -0.483. The lowest BCUT2D eigenvalue weighted by atomic mass is 10.2. The second-order valence-electron chi connectivity index (χ2n) is 4.76. The summed E-state index contributed by atoms with van der Waals surface area (Å²) < 4.78 is 19.5. The Kier molecular flexibility index (Phi) is 4.12. The van der Waals surface area contributed by atoms with Crippen LogP contribution in [0.25, 0.3) is 0 Å². The lowest BCUT2D eigenvalue weighted by Gasteiger charge is -2.07. The van der Waals surface area contributed by atoms with Gasteiger partial charge in [0.2, 0.25) is 0 Å². The van der Waals surface area contributed by atoms with Gasteiger partial charge in [-0.25, -0.2) is 13.9 Å². The molecule has 6 heteroatoms. The monoisotopic (exact) mass is 277 g/mol. The number of hydrogen-bond donors (Lipinski definition) is 0. The maximum atomic E-state index is 12.8. The van der Waals surface area contributed by atoms with Crippen molar-refractivity contribution in [2.24, 2.45) is 0 Å². The predicted octanol–water partition coefficient (Wildman–Crippen LogP) is 2.34. The van der Waals surface area contributed by atoms with Crippen LogP contribution in [0.2, 0.25) is 0 Å². The number of hydrogen-bond acceptors (Lipinski definition) is 4. The maximum absolute atomic E-state index is 12.8. The Bertz CT molecular complexity index is 605. The first-order valence-electron chi connectivity index (χ1n) is 6.33. The van der Waals surface area contributed by atoms with Crippen molar-refractivity contribution >= 4 is 5.97 Å². The van der Waals surface area contributed by atoms with Gasteiger partial charge < -0.3 is 4.74 Å². The van der Waals surface area contributed by atoms with Crippen molar-refractivity contribution in [1.82, 2.24) is 15.0 Å². The second kappa shape index (κ2) is 5.81. The highest BCUT2D eigenvalue weighted by Crippen LogP contribution is 2.10. The molecule has 1 aromatic carbocycles. The minimum Gasteiger partial charge on any atom is -0.458 e. The highest BCUT2D eigenvalue weighted by molar-refractivity contribution is 5.88. The average Bonchev–Trinajstić information content (AvgIpc) is 2.73. The Labute approximate surface area is 116 Å². The summed E-state index contributed by atoms with van der Waals surface area (Å²) in [5.74, 6) is -0.770. The Balaban J connectivity index is 2.16. The van der Waals surface area contributed by atoms with Crippen LogP contribution in [0.15, 0.2) is 24.3 Å². The van der Waals surface area contributed by atoms with Gasteiger partial charge in [0.25, 0.3) is 0 Å².